The predicted octanol–water partition coefficient (Wildman–Crippen LogP) is 1.20. The van der Waals surface area contributed by atoms with Gasteiger partial charge in [0.15, 0.2) is 0 Å². The Balaban J connectivity index is 0.00000110. The molecule has 1 aliphatic rings. The molecule has 0 aliphatic carbocycles. The van der Waals surface area contributed by atoms with Crippen LogP contribution in [0, 0.1) is 0 Å². The maximum atomic E-state index is 12.1. The zero-order valence-corrected chi connectivity index (χ0v) is 12.9. The number of pyridine rings is 1. The third-order valence-electron chi connectivity index (χ3n) is 3.17. The number of imidazole rings is 1. The van der Waals surface area contributed by atoms with Crippen molar-refractivity contribution in [3.8, 4) is 5.82 Å². The molecule has 1 saturated heterocycles. The molecule has 1 fully saturated rings. The number of nitrogens with zero attached hydrogens (tertiary/aromatic N) is 3. The Hall–Kier alpha value is -1.63. The van der Waals surface area contributed by atoms with Crippen molar-refractivity contribution in [3.05, 3.63) is 42.6 Å². The van der Waals surface area contributed by atoms with Gasteiger partial charge in [-0.25, -0.2) is 9.97 Å². The molecule has 1 atom stereocenters. The lowest BCUT2D eigenvalue weighted by atomic mass is 10.2. The fourth-order valence-corrected chi connectivity index (χ4v) is 2.14. The van der Waals surface area contributed by atoms with Gasteiger partial charge in [-0.15, -0.1) is 24.8 Å². The summed E-state index contributed by atoms with van der Waals surface area (Å²) in [6.07, 6.45) is 7.75. The summed E-state index contributed by atoms with van der Waals surface area (Å²) in [5, 5.41) is 6.24. The van der Waals surface area contributed by atoms with E-state index in [9.17, 15) is 4.79 Å². The minimum absolute atomic E-state index is 0. The number of nitrogens with one attached hydrogen (secondary N) is 2. The summed E-state index contributed by atoms with van der Waals surface area (Å²) in [4.78, 5) is 20.3. The molecule has 2 aromatic heterocycles. The van der Waals surface area contributed by atoms with Crippen LogP contribution in [0.25, 0.3) is 5.82 Å². The lowest BCUT2D eigenvalue weighted by Crippen LogP contribution is -2.36. The molecule has 0 radical (unpaired) electrons. The van der Waals surface area contributed by atoms with Crippen molar-refractivity contribution in [2.75, 3.05) is 13.1 Å². The fraction of sp³-hybridized carbons (Fsp3) is 0.308. The Bertz CT molecular complexity index is 570. The topological polar surface area (TPSA) is 71.8 Å². The Kier molecular flexibility index (Phi) is 6.61. The Labute approximate surface area is 135 Å². The van der Waals surface area contributed by atoms with Gasteiger partial charge in [-0.1, -0.05) is 0 Å². The Morgan fingerprint density at radius 1 is 1.38 bits per heavy atom. The first-order valence-corrected chi connectivity index (χ1v) is 6.29. The van der Waals surface area contributed by atoms with Crippen molar-refractivity contribution < 1.29 is 4.79 Å². The van der Waals surface area contributed by atoms with E-state index in [-0.39, 0.29) is 36.8 Å². The van der Waals surface area contributed by atoms with E-state index in [4.69, 9.17) is 0 Å². The van der Waals surface area contributed by atoms with Crippen LogP contribution in [0.4, 0.5) is 0 Å². The number of carbonyl (C=O) groups is 1. The second-order valence-corrected chi connectivity index (χ2v) is 4.54. The highest BCUT2D eigenvalue weighted by Crippen LogP contribution is 2.08. The van der Waals surface area contributed by atoms with Crippen LogP contribution in [0.2, 0.25) is 0 Å². The lowest BCUT2D eigenvalue weighted by molar-refractivity contribution is 0.0940. The molecule has 0 saturated carbocycles. The summed E-state index contributed by atoms with van der Waals surface area (Å²) in [5.41, 5.74) is 0.616. The zero-order valence-electron chi connectivity index (χ0n) is 11.2. The maximum absolute atomic E-state index is 12.1. The molecular formula is C13H17Cl2N5O. The number of hydrogen-bond donors (Lipinski definition) is 2. The van der Waals surface area contributed by atoms with Crippen LogP contribution in [-0.2, 0) is 0 Å². The first-order valence-electron chi connectivity index (χ1n) is 6.29. The van der Waals surface area contributed by atoms with Crippen molar-refractivity contribution in [2.45, 2.75) is 12.5 Å². The third-order valence-corrected chi connectivity index (χ3v) is 3.17. The first kappa shape index (κ1) is 17.4. The van der Waals surface area contributed by atoms with E-state index in [1.54, 1.807) is 41.6 Å². The SMILES string of the molecule is Cl.Cl.O=C(NC1CCNC1)c1ccnc(-n2ccnc2)c1. The summed E-state index contributed by atoms with van der Waals surface area (Å²) in [7, 11) is 0. The van der Waals surface area contributed by atoms with Crippen LogP contribution in [0.5, 0.6) is 0 Å². The summed E-state index contributed by atoms with van der Waals surface area (Å²) >= 11 is 0. The lowest BCUT2D eigenvalue weighted by Gasteiger charge is -2.11. The highest BCUT2D eigenvalue weighted by molar-refractivity contribution is 5.94. The van der Waals surface area contributed by atoms with Gasteiger partial charge in [-0.2, -0.15) is 0 Å². The number of aromatic nitrogens is 3. The molecule has 1 aliphatic heterocycles. The standard InChI is InChI=1S/C13H15N5O.2ClH/c19-13(17-11-2-3-14-8-11)10-1-4-16-12(7-10)18-6-5-15-9-18;;/h1,4-7,9,11,14H,2-3,8H2,(H,17,19);2*1H. The zero-order chi connectivity index (χ0) is 13.1. The molecule has 1 amide bonds. The molecule has 0 spiro atoms. The van der Waals surface area contributed by atoms with Gasteiger partial charge >= 0.3 is 0 Å². The van der Waals surface area contributed by atoms with Crippen LogP contribution in [0.3, 0.4) is 0 Å². The second-order valence-electron chi connectivity index (χ2n) is 4.54. The van der Waals surface area contributed by atoms with Crippen LogP contribution in [-0.4, -0.2) is 39.6 Å². The molecule has 0 bridgehead atoms. The van der Waals surface area contributed by atoms with Crippen molar-refractivity contribution in [3.63, 3.8) is 0 Å². The van der Waals surface area contributed by atoms with Crippen LogP contribution in [0.1, 0.15) is 16.8 Å². The van der Waals surface area contributed by atoms with Crippen molar-refractivity contribution in [2.24, 2.45) is 0 Å². The first-order chi connectivity index (χ1) is 9.33. The molecule has 3 heterocycles. The van der Waals surface area contributed by atoms with Crippen molar-refractivity contribution >= 4 is 30.7 Å². The van der Waals surface area contributed by atoms with E-state index < -0.39 is 0 Å². The molecule has 21 heavy (non-hydrogen) atoms. The molecule has 1 unspecified atom stereocenters. The van der Waals surface area contributed by atoms with E-state index >= 15 is 0 Å². The predicted molar refractivity (Wildman–Crippen MR) is 84.6 cm³/mol. The van der Waals surface area contributed by atoms with Crippen molar-refractivity contribution in [1.82, 2.24) is 25.2 Å². The van der Waals surface area contributed by atoms with Gasteiger partial charge in [0.25, 0.3) is 5.91 Å². The van der Waals surface area contributed by atoms with E-state index in [2.05, 4.69) is 20.6 Å². The summed E-state index contributed by atoms with van der Waals surface area (Å²) < 4.78 is 1.77. The quantitative estimate of drug-likeness (QED) is 0.887. The minimum Gasteiger partial charge on any atom is -0.348 e. The van der Waals surface area contributed by atoms with Gasteiger partial charge in [0.2, 0.25) is 0 Å². The second kappa shape index (κ2) is 7.97. The highest BCUT2D eigenvalue weighted by Gasteiger charge is 2.17. The van der Waals surface area contributed by atoms with Gasteiger partial charge < -0.3 is 10.6 Å². The maximum Gasteiger partial charge on any atom is 0.251 e. The van der Waals surface area contributed by atoms with Crippen LogP contribution >= 0.6 is 24.8 Å². The van der Waals surface area contributed by atoms with E-state index in [1.165, 1.54) is 0 Å². The number of rotatable bonds is 3. The van der Waals surface area contributed by atoms with Gasteiger partial charge in [0.1, 0.15) is 12.1 Å². The van der Waals surface area contributed by atoms with Gasteiger partial charge in [0, 0.05) is 36.7 Å². The number of carbonyl (C=O) groups excluding carboxylic acids is 1. The minimum atomic E-state index is -0.0579. The summed E-state index contributed by atoms with van der Waals surface area (Å²) in [5.74, 6) is 0.632. The number of amides is 1. The van der Waals surface area contributed by atoms with Gasteiger partial charge in [0.05, 0.1) is 0 Å². The van der Waals surface area contributed by atoms with Gasteiger partial charge in [-0.05, 0) is 25.1 Å². The molecule has 3 rings (SSSR count). The molecule has 2 N–H and O–H groups in total. The van der Waals surface area contributed by atoms with Gasteiger partial charge in [-0.3, -0.25) is 9.36 Å². The highest BCUT2D eigenvalue weighted by atomic mass is 35.5. The van der Waals surface area contributed by atoms with Crippen LogP contribution < -0.4 is 10.6 Å². The average Bonchev–Trinajstić information content (AvgIpc) is 3.12. The van der Waals surface area contributed by atoms with E-state index in [1.807, 2.05) is 0 Å². The Morgan fingerprint density at radius 3 is 2.90 bits per heavy atom. The fourth-order valence-electron chi connectivity index (χ4n) is 2.14. The summed E-state index contributed by atoms with van der Waals surface area (Å²) in [6.45, 7) is 1.80. The van der Waals surface area contributed by atoms with E-state index in [0.717, 1.165) is 19.5 Å². The third kappa shape index (κ3) is 4.17. The Morgan fingerprint density at radius 2 is 2.24 bits per heavy atom. The molecule has 6 nitrogen and oxygen atoms in total. The number of halogens is 2. The molecular weight excluding hydrogens is 313 g/mol. The number of hydrogen-bond acceptors (Lipinski definition) is 4. The smallest absolute Gasteiger partial charge is 0.251 e. The molecule has 0 aromatic carbocycles. The molecule has 2 aromatic rings. The molecule has 114 valence electrons. The average molecular weight is 330 g/mol. The molecule has 8 heteroatoms. The summed E-state index contributed by atoms with van der Waals surface area (Å²) in [6, 6.07) is 3.70. The monoisotopic (exact) mass is 329 g/mol. The van der Waals surface area contributed by atoms with E-state index in [0.29, 0.717) is 11.4 Å². The normalized spacial score (nSPS) is 16.7. The van der Waals surface area contributed by atoms with Crippen molar-refractivity contribution in [1.29, 1.82) is 0 Å². The largest absolute Gasteiger partial charge is 0.348 e. The van der Waals surface area contributed by atoms with Crippen LogP contribution in [0.15, 0.2) is 37.1 Å².